The molecule has 1 aliphatic rings. The van der Waals surface area contributed by atoms with Crippen LogP contribution in [0.3, 0.4) is 0 Å². The third kappa shape index (κ3) is 2.71. The van der Waals surface area contributed by atoms with Crippen LogP contribution in [0.2, 0.25) is 0 Å². The zero-order chi connectivity index (χ0) is 16.5. The fourth-order valence-corrected chi connectivity index (χ4v) is 2.15. The number of carboxylic acid groups (broad SMARTS) is 1. The van der Waals surface area contributed by atoms with Crippen molar-refractivity contribution in [3.05, 3.63) is 29.1 Å². The van der Waals surface area contributed by atoms with Crippen LogP contribution in [0.1, 0.15) is 42.4 Å². The van der Waals surface area contributed by atoms with Gasteiger partial charge in [0.2, 0.25) is 0 Å². The lowest BCUT2D eigenvalue weighted by atomic mass is 9.89. The van der Waals surface area contributed by atoms with Crippen molar-refractivity contribution >= 4 is 17.7 Å². The van der Waals surface area contributed by atoms with E-state index in [1.54, 1.807) is 6.92 Å². The number of amides is 1. The average molecular weight is 304 g/mol. The van der Waals surface area contributed by atoms with E-state index in [2.05, 4.69) is 15.3 Å². The van der Waals surface area contributed by atoms with E-state index in [0.717, 1.165) is 0 Å². The van der Waals surface area contributed by atoms with Gasteiger partial charge in [0.05, 0.1) is 12.6 Å². The number of ether oxygens (including phenoxy) is 1. The highest BCUT2D eigenvalue weighted by atomic mass is 16.5. The van der Waals surface area contributed by atoms with Crippen molar-refractivity contribution in [1.29, 1.82) is 0 Å². The third-order valence-corrected chi connectivity index (χ3v) is 3.86. The summed E-state index contributed by atoms with van der Waals surface area (Å²) in [4.78, 5) is 32.0. The molecule has 0 aliphatic carbocycles. The summed E-state index contributed by atoms with van der Waals surface area (Å²) in [6.07, 6.45) is 1.49. The van der Waals surface area contributed by atoms with Gasteiger partial charge in [0.1, 0.15) is 11.2 Å². The summed E-state index contributed by atoms with van der Waals surface area (Å²) in [6, 6.07) is 1.42. The number of pyridine rings is 1. The van der Waals surface area contributed by atoms with Crippen LogP contribution in [0.15, 0.2) is 17.3 Å². The number of aromatic carboxylic acids is 1. The molecule has 118 valence electrons. The van der Waals surface area contributed by atoms with Gasteiger partial charge in [0.25, 0.3) is 5.91 Å². The number of aromatic nitrogens is 1. The summed E-state index contributed by atoms with van der Waals surface area (Å²) in [5.41, 5.74) is -0.369. The summed E-state index contributed by atoms with van der Waals surface area (Å²) < 4.78 is 4.96. The molecular formula is C15H18N3O4-. The van der Waals surface area contributed by atoms with E-state index in [4.69, 9.17) is 4.74 Å². The first-order valence-corrected chi connectivity index (χ1v) is 6.90. The van der Waals surface area contributed by atoms with E-state index in [0.29, 0.717) is 5.56 Å². The van der Waals surface area contributed by atoms with Crippen LogP contribution >= 0.6 is 0 Å². The van der Waals surface area contributed by atoms with Gasteiger partial charge in [-0.2, -0.15) is 0 Å². The highest BCUT2D eigenvalue weighted by molar-refractivity contribution is 6.17. The lowest BCUT2D eigenvalue weighted by molar-refractivity contribution is -0.255. The van der Waals surface area contributed by atoms with Crippen LogP contribution in [0.25, 0.3) is 0 Å². The normalized spacial score (nSPS) is 21.0. The number of carbonyl (C=O) groups is 2. The second-order valence-corrected chi connectivity index (χ2v) is 5.68. The minimum atomic E-state index is -1.38. The molecule has 1 N–H and O–H groups in total. The van der Waals surface area contributed by atoms with E-state index in [9.17, 15) is 14.7 Å². The zero-order valence-electron chi connectivity index (χ0n) is 13.0. The summed E-state index contributed by atoms with van der Waals surface area (Å²) in [5.74, 6) is -1.53. The minimum absolute atomic E-state index is 0.0378. The highest BCUT2D eigenvalue weighted by Gasteiger charge is 2.42. The summed E-state index contributed by atoms with van der Waals surface area (Å²) in [5, 5.41) is 14.0. The Morgan fingerprint density at radius 1 is 1.50 bits per heavy atom. The van der Waals surface area contributed by atoms with Crippen LogP contribution < -0.4 is 10.4 Å². The van der Waals surface area contributed by atoms with Crippen molar-refractivity contribution in [2.75, 3.05) is 7.11 Å². The Hall–Kier alpha value is -2.28. The van der Waals surface area contributed by atoms with Crippen LogP contribution in [0.5, 0.6) is 0 Å². The molecule has 0 saturated heterocycles. The molecule has 1 amide bonds. The molecule has 0 saturated carbocycles. The molecule has 0 aromatic carbocycles. The van der Waals surface area contributed by atoms with E-state index < -0.39 is 11.5 Å². The van der Waals surface area contributed by atoms with Gasteiger partial charge in [-0.15, -0.1) is 0 Å². The van der Waals surface area contributed by atoms with Gasteiger partial charge in [-0.05, 0) is 24.5 Å². The van der Waals surface area contributed by atoms with E-state index >= 15 is 0 Å². The number of carboxylic acids is 1. The molecule has 2 heterocycles. The number of hydrogen-bond acceptors (Lipinski definition) is 6. The molecule has 0 radical (unpaired) electrons. The number of aliphatic imine (C=N–C) groups is 1. The number of nitrogens with one attached hydrogen (secondary N) is 1. The second kappa shape index (κ2) is 5.84. The smallest absolute Gasteiger partial charge is 0.253 e. The van der Waals surface area contributed by atoms with Gasteiger partial charge in [-0.25, -0.2) is 4.99 Å². The average Bonchev–Trinajstić information content (AvgIpc) is 2.76. The Balaban J connectivity index is 2.49. The molecule has 1 aromatic heterocycles. The van der Waals surface area contributed by atoms with Crippen molar-refractivity contribution in [3.8, 4) is 0 Å². The molecule has 0 spiro atoms. The van der Waals surface area contributed by atoms with E-state index in [-0.39, 0.29) is 35.5 Å². The Labute approximate surface area is 128 Å². The van der Waals surface area contributed by atoms with Crippen LogP contribution in [-0.2, 0) is 16.1 Å². The molecule has 0 fully saturated rings. The fraction of sp³-hybridized carbons (Fsp3) is 0.467. The zero-order valence-corrected chi connectivity index (χ0v) is 13.0. The van der Waals surface area contributed by atoms with Crippen LogP contribution in [-0.4, -0.2) is 35.3 Å². The maximum Gasteiger partial charge on any atom is 0.253 e. The highest BCUT2D eigenvalue weighted by Crippen LogP contribution is 2.27. The third-order valence-electron chi connectivity index (χ3n) is 3.86. The molecule has 1 aliphatic heterocycles. The predicted octanol–water partition coefficient (Wildman–Crippen LogP) is -0.117. The number of methoxy groups -OCH3 is 1. The fourth-order valence-electron chi connectivity index (χ4n) is 2.15. The van der Waals surface area contributed by atoms with Gasteiger partial charge >= 0.3 is 0 Å². The first-order chi connectivity index (χ1) is 10.3. The molecule has 1 atom stereocenters. The lowest BCUT2D eigenvalue weighted by Gasteiger charge is -2.21. The summed E-state index contributed by atoms with van der Waals surface area (Å²) >= 11 is 0. The molecule has 1 aromatic rings. The molecule has 2 rings (SSSR count). The van der Waals surface area contributed by atoms with Crippen LogP contribution in [0.4, 0.5) is 0 Å². The first-order valence-electron chi connectivity index (χ1n) is 6.90. The molecule has 7 nitrogen and oxygen atoms in total. The largest absolute Gasteiger partial charge is 0.545 e. The molecular weight excluding hydrogens is 286 g/mol. The standard InChI is InChI=1S/C15H19N3O4/c1-8(2)15(3)14(21)17-12(18-15)11-10(13(19)20)5-9(6-16-11)7-22-4/h5-6,8H,7H2,1-4H3,(H,19,20)(H,17,18,21)/p-1/t15-/m0/s1. The van der Waals surface area contributed by atoms with Crippen molar-refractivity contribution in [3.63, 3.8) is 0 Å². The maximum absolute atomic E-state index is 12.1. The number of carbonyl (C=O) groups excluding carboxylic acids is 2. The van der Waals surface area contributed by atoms with Gasteiger partial charge in [-0.1, -0.05) is 13.8 Å². The molecule has 0 bridgehead atoms. The SMILES string of the molecule is COCc1cnc(C2=N[C@@](C)(C(C)C)C(=O)N2)c(C(=O)[O-])c1. The van der Waals surface area contributed by atoms with Crippen molar-refractivity contribution < 1.29 is 19.4 Å². The summed E-state index contributed by atoms with van der Waals surface area (Å²) in [7, 11) is 1.50. The maximum atomic E-state index is 12.1. The molecule has 0 unspecified atom stereocenters. The Morgan fingerprint density at radius 3 is 2.68 bits per heavy atom. The van der Waals surface area contributed by atoms with Crippen molar-refractivity contribution in [2.45, 2.75) is 32.9 Å². The van der Waals surface area contributed by atoms with Gasteiger partial charge < -0.3 is 20.0 Å². The topological polar surface area (TPSA) is 104 Å². The minimum Gasteiger partial charge on any atom is -0.545 e. The van der Waals surface area contributed by atoms with Gasteiger partial charge in [0, 0.05) is 18.9 Å². The number of hydrogen-bond donors (Lipinski definition) is 1. The Morgan fingerprint density at radius 2 is 2.18 bits per heavy atom. The molecule has 7 heteroatoms. The van der Waals surface area contributed by atoms with E-state index in [1.165, 1.54) is 19.4 Å². The van der Waals surface area contributed by atoms with Gasteiger partial charge in [0.15, 0.2) is 5.84 Å². The van der Waals surface area contributed by atoms with Gasteiger partial charge in [-0.3, -0.25) is 9.78 Å². The lowest BCUT2D eigenvalue weighted by Crippen LogP contribution is -2.41. The van der Waals surface area contributed by atoms with Crippen molar-refractivity contribution in [2.24, 2.45) is 10.9 Å². The second-order valence-electron chi connectivity index (χ2n) is 5.68. The Bertz CT molecular complexity index is 654. The molecule has 22 heavy (non-hydrogen) atoms. The monoisotopic (exact) mass is 304 g/mol. The number of amidine groups is 1. The van der Waals surface area contributed by atoms with Crippen LogP contribution in [0, 0.1) is 5.92 Å². The number of rotatable bonds is 5. The summed E-state index contributed by atoms with van der Waals surface area (Å²) in [6.45, 7) is 5.69. The quantitative estimate of drug-likeness (QED) is 0.817. The van der Waals surface area contributed by atoms with Crippen molar-refractivity contribution in [1.82, 2.24) is 10.3 Å². The van der Waals surface area contributed by atoms with E-state index in [1.807, 2.05) is 13.8 Å². The first kappa shape index (κ1) is 16.1. The Kier molecular flexibility index (Phi) is 4.27. The predicted molar refractivity (Wildman–Crippen MR) is 77.2 cm³/mol. The number of nitrogens with zero attached hydrogens (tertiary/aromatic N) is 2.